The van der Waals surface area contributed by atoms with E-state index < -0.39 is 5.97 Å². The van der Waals surface area contributed by atoms with Crippen LogP contribution in [-0.4, -0.2) is 25.4 Å². The van der Waals surface area contributed by atoms with Crippen molar-refractivity contribution < 1.29 is 9.90 Å². The van der Waals surface area contributed by atoms with Crippen molar-refractivity contribution in [1.82, 2.24) is 14.3 Å². The molecule has 0 aliphatic carbocycles. The Bertz CT molecular complexity index is 685. The summed E-state index contributed by atoms with van der Waals surface area (Å²) < 4.78 is 3.36. The van der Waals surface area contributed by atoms with E-state index in [4.69, 9.17) is 5.11 Å². The molecule has 0 saturated carbocycles. The summed E-state index contributed by atoms with van der Waals surface area (Å²) in [6, 6.07) is 5.02. The first-order valence-electron chi connectivity index (χ1n) is 6.39. The summed E-state index contributed by atoms with van der Waals surface area (Å²) in [7, 11) is 0. The molecule has 20 heavy (non-hydrogen) atoms. The number of nitrogens with zero attached hydrogens (tertiary/aromatic N) is 3. The third-order valence-electron chi connectivity index (χ3n) is 3.31. The van der Waals surface area contributed by atoms with Gasteiger partial charge in [0.1, 0.15) is 0 Å². The number of hydrogen-bond acceptors (Lipinski definition) is 3. The average Bonchev–Trinajstić information content (AvgIpc) is 2.65. The molecule has 0 saturated heterocycles. The van der Waals surface area contributed by atoms with Gasteiger partial charge in [-0.15, -0.1) is 0 Å². The summed E-state index contributed by atoms with van der Waals surface area (Å²) in [5.41, 5.74) is 2.26. The van der Waals surface area contributed by atoms with E-state index in [1.807, 2.05) is 6.92 Å². The lowest BCUT2D eigenvalue weighted by Crippen LogP contribution is -2.21. The maximum atomic E-state index is 11.6. The number of aryl methyl sites for hydroxylation is 3. The van der Waals surface area contributed by atoms with Gasteiger partial charge in [0.2, 0.25) is 0 Å². The summed E-state index contributed by atoms with van der Waals surface area (Å²) in [6.07, 6.45) is 1.70. The molecule has 2 aromatic rings. The standard InChI is InChI=1S/C14H17N3O3/c1-10-12(9-14(19)20)11(2)17(15-10)8-7-16-6-4-3-5-13(16)18/h3-6H,7-9H2,1-2H3,(H,19,20). The zero-order valence-corrected chi connectivity index (χ0v) is 11.5. The zero-order valence-electron chi connectivity index (χ0n) is 11.5. The highest BCUT2D eigenvalue weighted by atomic mass is 16.4. The highest BCUT2D eigenvalue weighted by molar-refractivity contribution is 5.70. The summed E-state index contributed by atoms with van der Waals surface area (Å²) in [4.78, 5) is 22.4. The molecule has 6 nitrogen and oxygen atoms in total. The summed E-state index contributed by atoms with van der Waals surface area (Å²) >= 11 is 0. The lowest BCUT2D eigenvalue weighted by atomic mass is 10.1. The topological polar surface area (TPSA) is 77.1 Å². The Morgan fingerprint density at radius 3 is 2.70 bits per heavy atom. The highest BCUT2D eigenvalue weighted by Gasteiger charge is 2.14. The van der Waals surface area contributed by atoms with E-state index in [2.05, 4.69) is 5.10 Å². The van der Waals surface area contributed by atoms with Gasteiger partial charge in [0.05, 0.1) is 18.7 Å². The second-order valence-corrected chi connectivity index (χ2v) is 4.68. The van der Waals surface area contributed by atoms with Gasteiger partial charge in [0.15, 0.2) is 0 Å². The largest absolute Gasteiger partial charge is 0.481 e. The Labute approximate surface area is 116 Å². The highest BCUT2D eigenvalue weighted by Crippen LogP contribution is 2.13. The van der Waals surface area contributed by atoms with E-state index >= 15 is 0 Å². The second kappa shape index (κ2) is 5.73. The van der Waals surface area contributed by atoms with Crippen LogP contribution in [0.5, 0.6) is 0 Å². The molecule has 0 spiro atoms. The molecule has 0 aliphatic rings. The Morgan fingerprint density at radius 2 is 2.05 bits per heavy atom. The number of aromatic nitrogens is 3. The molecule has 2 aromatic heterocycles. The monoisotopic (exact) mass is 275 g/mol. The van der Waals surface area contributed by atoms with Crippen LogP contribution < -0.4 is 5.56 Å². The average molecular weight is 275 g/mol. The molecule has 106 valence electrons. The number of aliphatic carboxylic acids is 1. The number of carboxylic acid groups (broad SMARTS) is 1. The van der Waals surface area contributed by atoms with Crippen molar-refractivity contribution >= 4 is 5.97 Å². The van der Waals surface area contributed by atoms with Gasteiger partial charge in [-0.2, -0.15) is 5.10 Å². The van der Waals surface area contributed by atoms with Gasteiger partial charge < -0.3 is 9.67 Å². The van der Waals surface area contributed by atoms with Crippen molar-refractivity contribution in [3.8, 4) is 0 Å². The van der Waals surface area contributed by atoms with Crippen molar-refractivity contribution in [2.24, 2.45) is 0 Å². The smallest absolute Gasteiger partial charge is 0.307 e. The van der Waals surface area contributed by atoms with Gasteiger partial charge in [0, 0.05) is 30.1 Å². The van der Waals surface area contributed by atoms with Crippen molar-refractivity contribution in [2.45, 2.75) is 33.4 Å². The van der Waals surface area contributed by atoms with E-state index in [1.165, 1.54) is 6.07 Å². The fraction of sp³-hybridized carbons (Fsp3) is 0.357. The van der Waals surface area contributed by atoms with Crippen LogP contribution in [0, 0.1) is 13.8 Å². The normalized spacial score (nSPS) is 10.7. The Kier molecular flexibility index (Phi) is 4.02. The molecule has 0 amide bonds. The SMILES string of the molecule is Cc1nn(CCn2ccccc2=O)c(C)c1CC(=O)O. The van der Waals surface area contributed by atoms with Crippen LogP contribution in [0.15, 0.2) is 29.2 Å². The Morgan fingerprint density at radius 1 is 1.30 bits per heavy atom. The molecule has 0 unspecified atom stereocenters. The van der Waals surface area contributed by atoms with Crippen LogP contribution in [0.3, 0.4) is 0 Å². The maximum absolute atomic E-state index is 11.6. The number of carbonyl (C=O) groups is 1. The van der Waals surface area contributed by atoms with Crippen LogP contribution in [0.2, 0.25) is 0 Å². The molecular weight excluding hydrogens is 258 g/mol. The number of hydrogen-bond donors (Lipinski definition) is 1. The first-order valence-corrected chi connectivity index (χ1v) is 6.39. The van der Waals surface area contributed by atoms with Crippen molar-refractivity contribution in [1.29, 1.82) is 0 Å². The summed E-state index contributed by atoms with van der Waals surface area (Å²) in [5.74, 6) is -0.866. The molecule has 2 heterocycles. The molecule has 0 aliphatic heterocycles. The van der Waals surface area contributed by atoms with E-state index in [9.17, 15) is 9.59 Å². The first kappa shape index (κ1) is 14.0. The second-order valence-electron chi connectivity index (χ2n) is 4.68. The van der Waals surface area contributed by atoms with Crippen LogP contribution in [-0.2, 0) is 24.3 Å². The molecule has 0 fully saturated rings. The van der Waals surface area contributed by atoms with E-state index in [-0.39, 0.29) is 12.0 Å². The number of carboxylic acids is 1. The molecule has 0 atom stereocenters. The summed E-state index contributed by atoms with van der Waals surface area (Å²) in [5, 5.41) is 13.2. The van der Waals surface area contributed by atoms with Gasteiger partial charge in [-0.05, 0) is 19.9 Å². The molecule has 6 heteroatoms. The van der Waals surface area contributed by atoms with Gasteiger partial charge >= 0.3 is 5.97 Å². The Hall–Kier alpha value is -2.37. The van der Waals surface area contributed by atoms with Crippen molar-refractivity contribution in [3.63, 3.8) is 0 Å². The molecule has 0 aromatic carbocycles. The zero-order chi connectivity index (χ0) is 14.7. The number of rotatable bonds is 5. The first-order chi connectivity index (χ1) is 9.49. The molecular formula is C14H17N3O3. The van der Waals surface area contributed by atoms with E-state index in [0.29, 0.717) is 13.1 Å². The third kappa shape index (κ3) is 2.96. The molecule has 0 radical (unpaired) electrons. The minimum Gasteiger partial charge on any atom is -0.481 e. The van der Waals surface area contributed by atoms with Gasteiger partial charge in [-0.25, -0.2) is 0 Å². The summed E-state index contributed by atoms with van der Waals surface area (Å²) in [6.45, 7) is 4.70. The molecule has 0 bridgehead atoms. The number of pyridine rings is 1. The fourth-order valence-electron chi connectivity index (χ4n) is 2.21. The minimum atomic E-state index is -0.866. The minimum absolute atomic E-state index is 0.0248. The van der Waals surface area contributed by atoms with E-state index in [1.54, 1.807) is 34.5 Å². The van der Waals surface area contributed by atoms with Gasteiger partial charge in [-0.1, -0.05) is 6.07 Å². The van der Waals surface area contributed by atoms with Crippen molar-refractivity contribution in [3.05, 3.63) is 51.7 Å². The van der Waals surface area contributed by atoms with Crippen LogP contribution in [0.1, 0.15) is 17.0 Å². The van der Waals surface area contributed by atoms with Gasteiger partial charge in [-0.3, -0.25) is 14.3 Å². The lowest BCUT2D eigenvalue weighted by Gasteiger charge is -2.07. The van der Waals surface area contributed by atoms with Crippen LogP contribution in [0.4, 0.5) is 0 Å². The van der Waals surface area contributed by atoms with Crippen LogP contribution in [0.25, 0.3) is 0 Å². The Balaban J connectivity index is 2.17. The molecule has 2 rings (SSSR count). The van der Waals surface area contributed by atoms with Gasteiger partial charge in [0.25, 0.3) is 5.56 Å². The predicted molar refractivity (Wildman–Crippen MR) is 73.7 cm³/mol. The lowest BCUT2D eigenvalue weighted by molar-refractivity contribution is -0.136. The molecule has 1 N–H and O–H groups in total. The van der Waals surface area contributed by atoms with E-state index in [0.717, 1.165) is 17.0 Å². The maximum Gasteiger partial charge on any atom is 0.307 e. The predicted octanol–water partition coefficient (Wildman–Crippen LogP) is 0.989. The van der Waals surface area contributed by atoms with Crippen LogP contribution >= 0.6 is 0 Å². The fourth-order valence-corrected chi connectivity index (χ4v) is 2.21. The van der Waals surface area contributed by atoms with Crippen molar-refractivity contribution in [2.75, 3.05) is 0 Å². The third-order valence-corrected chi connectivity index (χ3v) is 3.31. The quantitative estimate of drug-likeness (QED) is 0.882.